The monoisotopic (exact) mass is 422 g/mol. The standard InChI is InChI=1S/C21H31ClN4O3/c1-5-25(6-2)21(29)26-11-9-15(10-12-26)19(27)24-18-13-16(22)7-8-17(18)20(28)23-14(3)4/h7-8,13-15H,5-6,9-12H2,1-4H3,(H,23,28)(H,24,27). The molecule has 0 bridgehead atoms. The first-order valence-electron chi connectivity index (χ1n) is 10.2. The highest BCUT2D eigenvalue weighted by atomic mass is 35.5. The van der Waals surface area contributed by atoms with Gasteiger partial charge < -0.3 is 20.4 Å². The van der Waals surface area contributed by atoms with Crippen LogP contribution in [0.1, 0.15) is 50.9 Å². The van der Waals surface area contributed by atoms with Gasteiger partial charge in [0.05, 0.1) is 11.3 Å². The van der Waals surface area contributed by atoms with Crippen molar-refractivity contribution >= 4 is 35.1 Å². The van der Waals surface area contributed by atoms with Gasteiger partial charge in [-0.15, -0.1) is 0 Å². The molecule has 0 saturated carbocycles. The second kappa shape index (κ2) is 10.5. The molecule has 29 heavy (non-hydrogen) atoms. The number of amides is 4. The minimum atomic E-state index is -0.258. The average Bonchev–Trinajstić information content (AvgIpc) is 2.68. The van der Waals surface area contributed by atoms with E-state index in [-0.39, 0.29) is 29.8 Å². The lowest BCUT2D eigenvalue weighted by atomic mass is 9.95. The molecule has 160 valence electrons. The summed E-state index contributed by atoms with van der Waals surface area (Å²) in [6, 6.07) is 4.84. The van der Waals surface area contributed by atoms with Crippen LogP contribution in [0.3, 0.4) is 0 Å². The molecule has 0 atom stereocenters. The molecule has 1 aromatic carbocycles. The van der Waals surface area contributed by atoms with Crippen molar-refractivity contribution in [3.63, 3.8) is 0 Å². The predicted octanol–water partition coefficient (Wildman–Crippen LogP) is 3.59. The molecule has 0 radical (unpaired) electrons. The number of carbonyl (C=O) groups is 3. The maximum absolute atomic E-state index is 12.8. The first kappa shape index (κ1) is 23.0. The van der Waals surface area contributed by atoms with Crippen molar-refractivity contribution in [1.82, 2.24) is 15.1 Å². The van der Waals surface area contributed by atoms with E-state index in [2.05, 4.69) is 10.6 Å². The molecular weight excluding hydrogens is 392 g/mol. The van der Waals surface area contributed by atoms with Crippen molar-refractivity contribution in [2.75, 3.05) is 31.5 Å². The maximum atomic E-state index is 12.8. The summed E-state index contributed by atoms with van der Waals surface area (Å²) in [6.45, 7) is 10.1. The second-order valence-electron chi connectivity index (χ2n) is 7.52. The van der Waals surface area contributed by atoms with Crippen molar-refractivity contribution in [2.45, 2.75) is 46.6 Å². The van der Waals surface area contributed by atoms with E-state index >= 15 is 0 Å². The van der Waals surface area contributed by atoms with Gasteiger partial charge in [-0.2, -0.15) is 0 Å². The molecular formula is C21H31ClN4O3. The quantitative estimate of drug-likeness (QED) is 0.734. The number of hydrogen-bond donors (Lipinski definition) is 2. The van der Waals surface area contributed by atoms with Crippen LogP contribution in [0.5, 0.6) is 0 Å². The number of nitrogens with zero attached hydrogens (tertiary/aromatic N) is 2. The zero-order valence-corrected chi connectivity index (χ0v) is 18.4. The van der Waals surface area contributed by atoms with Crippen LogP contribution in [0, 0.1) is 5.92 Å². The molecule has 1 saturated heterocycles. The van der Waals surface area contributed by atoms with Crippen LogP contribution in [0.15, 0.2) is 18.2 Å². The molecule has 1 heterocycles. The van der Waals surface area contributed by atoms with Gasteiger partial charge in [-0.05, 0) is 58.7 Å². The number of hydrogen-bond acceptors (Lipinski definition) is 3. The van der Waals surface area contributed by atoms with Gasteiger partial charge in [0.2, 0.25) is 5.91 Å². The summed E-state index contributed by atoms with van der Waals surface area (Å²) in [5.41, 5.74) is 0.785. The van der Waals surface area contributed by atoms with Gasteiger partial charge in [-0.1, -0.05) is 11.6 Å². The number of likely N-dealkylation sites (tertiary alicyclic amines) is 1. The van der Waals surface area contributed by atoms with Crippen molar-refractivity contribution in [1.29, 1.82) is 0 Å². The Hall–Kier alpha value is -2.28. The highest BCUT2D eigenvalue weighted by Gasteiger charge is 2.29. The number of anilines is 1. The van der Waals surface area contributed by atoms with Gasteiger partial charge in [0.15, 0.2) is 0 Å². The van der Waals surface area contributed by atoms with E-state index in [1.54, 1.807) is 28.0 Å². The summed E-state index contributed by atoms with van der Waals surface area (Å²) in [5.74, 6) is -0.622. The van der Waals surface area contributed by atoms with Crippen LogP contribution in [-0.4, -0.2) is 59.9 Å². The van der Waals surface area contributed by atoms with E-state index < -0.39 is 0 Å². The van der Waals surface area contributed by atoms with Gasteiger partial charge in [0.25, 0.3) is 5.91 Å². The van der Waals surface area contributed by atoms with Crippen molar-refractivity contribution < 1.29 is 14.4 Å². The molecule has 1 fully saturated rings. The Bertz CT molecular complexity index is 741. The first-order valence-corrected chi connectivity index (χ1v) is 10.6. The Morgan fingerprint density at radius 2 is 1.79 bits per heavy atom. The normalized spacial score (nSPS) is 14.6. The molecule has 0 aliphatic carbocycles. The lowest BCUT2D eigenvalue weighted by Gasteiger charge is -2.34. The Morgan fingerprint density at radius 3 is 2.34 bits per heavy atom. The van der Waals surface area contributed by atoms with Gasteiger partial charge in [0.1, 0.15) is 0 Å². The zero-order chi connectivity index (χ0) is 21.6. The summed E-state index contributed by atoms with van der Waals surface area (Å²) >= 11 is 6.08. The zero-order valence-electron chi connectivity index (χ0n) is 17.6. The van der Waals surface area contributed by atoms with Crippen LogP contribution >= 0.6 is 11.6 Å². The Morgan fingerprint density at radius 1 is 1.17 bits per heavy atom. The molecule has 0 aromatic heterocycles. The van der Waals surface area contributed by atoms with Gasteiger partial charge >= 0.3 is 6.03 Å². The highest BCUT2D eigenvalue weighted by Crippen LogP contribution is 2.25. The summed E-state index contributed by atoms with van der Waals surface area (Å²) in [7, 11) is 0. The maximum Gasteiger partial charge on any atom is 0.319 e. The first-order chi connectivity index (χ1) is 13.8. The summed E-state index contributed by atoms with van der Waals surface area (Å²) < 4.78 is 0. The summed E-state index contributed by atoms with van der Waals surface area (Å²) in [4.78, 5) is 41.3. The third kappa shape index (κ3) is 6.10. The van der Waals surface area contributed by atoms with E-state index in [1.165, 1.54) is 0 Å². The van der Waals surface area contributed by atoms with Crippen LogP contribution in [0.2, 0.25) is 5.02 Å². The van der Waals surface area contributed by atoms with E-state index in [0.29, 0.717) is 55.3 Å². The van der Waals surface area contributed by atoms with Crippen LogP contribution in [0.25, 0.3) is 0 Å². The molecule has 8 heteroatoms. The molecule has 0 unspecified atom stereocenters. The predicted molar refractivity (Wildman–Crippen MR) is 115 cm³/mol. The second-order valence-corrected chi connectivity index (χ2v) is 7.96. The van der Waals surface area contributed by atoms with Gasteiger partial charge in [0, 0.05) is 43.2 Å². The highest BCUT2D eigenvalue weighted by molar-refractivity contribution is 6.31. The largest absolute Gasteiger partial charge is 0.350 e. The molecule has 4 amide bonds. The minimum Gasteiger partial charge on any atom is -0.350 e. The van der Waals surface area contributed by atoms with E-state index in [1.807, 2.05) is 27.7 Å². The van der Waals surface area contributed by atoms with Crippen molar-refractivity contribution in [2.24, 2.45) is 5.92 Å². The summed E-state index contributed by atoms with van der Waals surface area (Å²) in [6.07, 6.45) is 1.18. The number of rotatable bonds is 6. The fourth-order valence-electron chi connectivity index (χ4n) is 3.42. The third-order valence-corrected chi connectivity index (χ3v) is 5.31. The fraction of sp³-hybridized carbons (Fsp3) is 0.571. The van der Waals surface area contributed by atoms with Gasteiger partial charge in [-0.3, -0.25) is 9.59 Å². The van der Waals surface area contributed by atoms with Crippen LogP contribution in [0.4, 0.5) is 10.5 Å². The summed E-state index contributed by atoms with van der Waals surface area (Å²) in [5, 5.41) is 6.14. The number of piperidine rings is 1. The number of carbonyl (C=O) groups excluding carboxylic acids is 3. The van der Waals surface area contributed by atoms with Crippen LogP contribution < -0.4 is 10.6 Å². The molecule has 1 aromatic rings. The number of halogens is 1. The Labute approximate surface area is 177 Å². The Balaban J connectivity index is 2.02. The SMILES string of the molecule is CCN(CC)C(=O)N1CCC(C(=O)Nc2cc(Cl)ccc2C(=O)NC(C)C)CC1. The fourth-order valence-corrected chi connectivity index (χ4v) is 3.59. The lowest BCUT2D eigenvalue weighted by molar-refractivity contribution is -0.121. The van der Waals surface area contributed by atoms with Gasteiger partial charge in [-0.25, -0.2) is 4.79 Å². The molecule has 7 nitrogen and oxygen atoms in total. The number of urea groups is 1. The average molecular weight is 423 g/mol. The smallest absolute Gasteiger partial charge is 0.319 e. The van der Waals surface area contributed by atoms with E-state index in [9.17, 15) is 14.4 Å². The van der Waals surface area contributed by atoms with Crippen molar-refractivity contribution in [3.8, 4) is 0 Å². The number of benzene rings is 1. The molecule has 1 aliphatic heterocycles. The topological polar surface area (TPSA) is 81.8 Å². The van der Waals surface area contributed by atoms with Crippen molar-refractivity contribution in [3.05, 3.63) is 28.8 Å². The lowest BCUT2D eigenvalue weighted by Crippen LogP contribution is -2.47. The number of nitrogens with one attached hydrogen (secondary N) is 2. The van der Waals surface area contributed by atoms with E-state index in [0.717, 1.165) is 0 Å². The molecule has 2 N–H and O–H groups in total. The third-order valence-electron chi connectivity index (χ3n) is 5.07. The minimum absolute atomic E-state index is 0.0191. The van der Waals surface area contributed by atoms with Crippen LogP contribution in [-0.2, 0) is 4.79 Å². The van der Waals surface area contributed by atoms with E-state index in [4.69, 9.17) is 11.6 Å². The molecule has 1 aliphatic rings. The Kier molecular flexibility index (Phi) is 8.32. The molecule has 2 rings (SSSR count). The molecule has 0 spiro atoms.